The molecule has 0 fully saturated rings. The predicted octanol–water partition coefficient (Wildman–Crippen LogP) is 4.27. The lowest BCUT2D eigenvalue weighted by atomic mass is 10.1. The van der Waals surface area contributed by atoms with E-state index in [4.69, 9.17) is 66.3 Å². The van der Waals surface area contributed by atoms with Gasteiger partial charge in [0, 0.05) is 90.0 Å². The molecule has 70 heavy (non-hydrogen) atoms. The number of methoxy groups -OCH3 is 4. The van der Waals surface area contributed by atoms with Gasteiger partial charge in [-0.25, -0.2) is 4.79 Å². The lowest BCUT2D eigenvalue weighted by molar-refractivity contribution is -0.385. The van der Waals surface area contributed by atoms with Gasteiger partial charge in [0.25, 0.3) is 11.4 Å². The number of carbonyl (C=O) groups excluding carboxylic acids is 1. The Balaban J connectivity index is 2.10. The second kappa shape index (κ2) is 42.6. The highest BCUT2D eigenvalue weighted by Crippen LogP contribution is 2.29. The monoisotopic (exact) mass is 1000 g/mol. The Hall–Kier alpha value is -4.05. The van der Waals surface area contributed by atoms with Crippen LogP contribution in [0.5, 0.6) is 11.5 Å². The van der Waals surface area contributed by atoms with Gasteiger partial charge < -0.3 is 66.3 Å². The van der Waals surface area contributed by atoms with Gasteiger partial charge in [-0.1, -0.05) is 0 Å². The molecule has 0 spiro atoms. The summed E-state index contributed by atoms with van der Waals surface area (Å²) in [5.74, 6) is 0.171. The minimum Gasteiger partial charge on any atom is -0.394 e. The smallest absolute Gasteiger partial charge is 0.394 e. The number of nitrogens with zero attached hydrogens (tertiary/aromatic N) is 4. The maximum absolute atomic E-state index is 13.4. The highest BCUT2D eigenvalue weighted by molar-refractivity contribution is 5.69. The van der Waals surface area contributed by atoms with Crippen LogP contribution in [0.4, 0.5) is 16.2 Å². The molecular formula is C47H78N4O19. The number of non-ortho nitro benzene ring substituents is 2. The van der Waals surface area contributed by atoms with E-state index in [-0.39, 0.29) is 22.9 Å². The first-order chi connectivity index (χ1) is 34.2. The topological polar surface area (TPSA) is 239 Å². The molecule has 0 aliphatic rings. The van der Waals surface area contributed by atoms with Crippen LogP contribution in [-0.4, -0.2) is 226 Å². The first-order valence-corrected chi connectivity index (χ1v) is 23.7. The summed E-state index contributed by atoms with van der Waals surface area (Å²) >= 11 is 0. The number of hydrogen-bond donors (Lipinski definition) is 0. The van der Waals surface area contributed by atoms with E-state index in [1.807, 2.05) is 0 Å². The molecule has 0 amide bonds. The third-order valence-corrected chi connectivity index (χ3v) is 10.2. The van der Waals surface area contributed by atoms with Gasteiger partial charge in [0.15, 0.2) is 0 Å². The van der Waals surface area contributed by atoms with Crippen molar-refractivity contribution >= 4 is 17.5 Å². The van der Waals surface area contributed by atoms with E-state index in [0.29, 0.717) is 208 Å². The van der Waals surface area contributed by atoms with Crippen molar-refractivity contribution < 1.29 is 81.0 Å². The molecule has 0 aliphatic carbocycles. The molecule has 0 N–H and O–H groups in total. The van der Waals surface area contributed by atoms with E-state index in [1.54, 1.807) is 28.4 Å². The number of carbonyl (C=O) groups is 1. The van der Waals surface area contributed by atoms with Crippen LogP contribution >= 0.6 is 0 Å². The molecule has 2 rings (SSSR count). The summed E-state index contributed by atoms with van der Waals surface area (Å²) in [6.45, 7) is 12.6. The average molecular weight is 1000 g/mol. The Morgan fingerprint density at radius 1 is 0.414 bits per heavy atom. The van der Waals surface area contributed by atoms with Gasteiger partial charge >= 0.3 is 6.16 Å². The molecule has 0 aliphatic heterocycles. The molecule has 23 heteroatoms. The summed E-state index contributed by atoms with van der Waals surface area (Å²) in [5.41, 5.74) is 0.514. The first-order valence-electron chi connectivity index (χ1n) is 23.7. The lowest BCUT2D eigenvalue weighted by Crippen LogP contribution is -2.33. The zero-order chi connectivity index (χ0) is 50.7. The summed E-state index contributed by atoms with van der Waals surface area (Å²) in [4.78, 5) is 40.3. The van der Waals surface area contributed by atoms with Crippen LogP contribution in [0, 0.1) is 20.2 Å². The van der Waals surface area contributed by atoms with Crippen molar-refractivity contribution in [2.45, 2.75) is 25.7 Å². The van der Waals surface area contributed by atoms with E-state index in [2.05, 4.69) is 9.80 Å². The quantitative estimate of drug-likeness (QED) is 0.0296. The zero-order valence-electron chi connectivity index (χ0n) is 41.7. The SMILES string of the molecule is COCCOCCOCCN(CCCc1cc([N+](=O)[O-])ccc1OC(=O)Oc1ccc([N+](=O)[O-])cc1CCCN(CCOCCOCCOC)CCOCCOCCOC)CCOCCOCCOC. The van der Waals surface area contributed by atoms with Gasteiger partial charge in [0.05, 0.1) is 142 Å². The molecule has 0 heterocycles. The highest BCUT2D eigenvalue weighted by Gasteiger charge is 2.20. The van der Waals surface area contributed by atoms with Crippen molar-refractivity contribution in [3.63, 3.8) is 0 Å². The fourth-order valence-corrected chi connectivity index (χ4v) is 6.44. The first kappa shape index (κ1) is 62.1. The Kier molecular flexibility index (Phi) is 37.8. The number of aryl methyl sites for hydroxylation is 2. The van der Waals surface area contributed by atoms with Crippen molar-refractivity contribution in [1.29, 1.82) is 0 Å². The molecule has 0 radical (unpaired) electrons. The largest absolute Gasteiger partial charge is 0.519 e. The number of nitro benzene ring substituents is 2. The van der Waals surface area contributed by atoms with E-state index >= 15 is 0 Å². The number of nitro groups is 2. The second-order valence-electron chi connectivity index (χ2n) is 15.3. The molecule has 0 bridgehead atoms. The highest BCUT2D eigenvalue weighted by atomic mass is 16.7. The van der Waals surface area contributed by atoms with Crippen molar-refractivity contribution in [2.75, 3.05) is 200 Å². The van der Waals surface area contributed by atoms with Gasteiger partial charge in [0.2, 0.25) is 0 Å². The van der Waals surface area contributed by atoms with Crippen LogP contribution in [0.3, 0.4) is 0 Å². The van der Waals surface area contributed by atoms with Crippen LogP contribution in [0.2, 0.25) is 0 Å². The Morgan fingerprint density at radius 3 is 0.957 bits per heavy atom. The van der Waals surface area contributed by atoms with Crippen molar-refractivity contribution in [3.8, 4) is 11.5 Å². The van der Waals surface area contributed by atoms with Gasteiger partial charge in [0.1, 0.15) is 11.5 Å². The average Bonchev–Trinajstić information content (AvgIpc) is 3.35. The van der Waals surface area contributed by atoms with Crippen molar-refractivity contribution in [2.24, 2.45) is 0 Å². The van der Waals surface area contributed by atoms with Crippen LogP contribution in [0.25, 0.3) is 0 Å². The molecule has 0 saturated heterocycles. The van der Waals surface area contributed by atoms with E-state index < -0.39 is 16.0 Å². The molecule has 2 aromatic rings. The summed E-state index contributed by atoms with van der Waals surface area (Å²) < 4.78 is 76.4. The Bertz CT molecular complexity index is 1490. The fourth-order valence-electron chi connectivity index (χ4n) is 6.44. The maximum atomic E-state index is 13.4. The molecule has 0 unspecified atom stereocenters. The summed E-state index contributed by atoms with van der Waals surface area (Å²) in [7, 11) is 6.44. The van der Waals surface area contributed by atoms with Crippen LogP contribution in [0.15, 0.2) is 36.4 Å². The van der Waals surface area contributed by atoms with E-state index in [0.717, 1.165) is 0 Å². The molecule has 0 saturated carbocycles. The normalized spacial score (nSPS) is 11.5. The molecule has 400 valence electrons. The van der Waals surface area contributed by atoms with Crippen molar-refractivity contribution in [1.82, 2.24) is 9.80 Å². The second-order valence-corrected chi connectivity index (χ2v) is 15.3. The summed E-state index contributed by atoms with van der Waals surface area (Å²) in [6.07, 6.45) is 0.626. The molecular weight excluding hydrogens is 925 g/mol. The number of hydrogen-bond acceptors (Lipinski definition) is 21. The van der Waals surface area contributed by atoms with E-state index in [9.17, 15) is 25.0 Å². The van der Waals surface area contributed by atoms with Gasteiger partial charge in [-0.05, 0) is 50.9 Å². The minimum atomic E-state index is -1.10. The third kappa shape index (κ3) is 31.3. The van der Waals surface area contributed by atoms with Crippen LogP contribution < -0.4 is 9.47 Å². The zero-order valence-corrected chi connectivity index (χ0v) is 41.7. The van der Waals surface area contributed by atoms with Crippen LogP contribution in [-0.2, 0) is 69.7 Å². The maximum Gasteiger partial charge on any atom is 0.519 e. The Labute approximate surface area is 412 Å². The lowest BCUT2D eigenvalue weighted by Gasteiger charge is -2.22. The predicted molar refractivity (Wildman–Crippen MR) is 256 cm³/mol. The third-order valence-electron chi connectivity index (χ3n) is 10.2. The number of rotatable bonds is 48. The Morgan fingerprint density at radius 2 is 0.686 bits per heavy atom. The molecule has 0 aromatic heterocycles. The minimum absolute atomic E-state index is 0.0855. The standard InChI is InChI=1S/C47H78N4O19/c1-57-23-27-65-35-31-61-19-15-48(16-20-62-32-36-66-28-24-58-2)13-5-7-41-39-43(50(53)54)9-11-45(41)69-47(52)70-46-12-10-44(51(55)56)40-42(46)8-6-14-49(17-21-63-33-37-67-29-25-59-3)18-22-64-34-38-68-30-26-60-4/h9-12,39-40H,5-8,13-38H2,1-4H3. The summed E-state index contributed by atoms with van der Waals surface area (Å²) in [6, 6.07) is 7.96. The van der Waals surface area contributed by atoms with E-state index in [1.165, 1.54) is 36.4 Å². The van der Waals surface area contributed by atoms with Crippen molar-refractivity contribution in [3.05, 3.63) is 67.8 Å². The fraction of sp³-hybridized carbons (Fsp3) is 0.723. The molecule has 2 aromatic carbocycles. The molecule has 0 atom stereocenters. The molecule has 23 nitrogen and oxygen atoms in total. The number of benzene rings is 2. The van der Waals surface area contributed by atoms with Gasteiger partial charge in [-0.15, -0.1) is 0 Å². The number of ether oxygens (including phenoxy) is 14. The van der Waals surface area contributed by atoms with Gasteiger partial charge in [-0.3, -0.25) is 30.0 Å². The van der Waals surface area contributed by atoms with Crippen LogP contribution in [0.1, 0.15) is 24.0 Å². The van der Waals surface area contributed by atoms with Gasteiger partial charge in [-0.2, -0.15) is 0 Å². The summed E-state index contributed by atoms with van der Waals surface area (Å²) in [5, 5.41) is 23.6.